The van der Waals surface area contributed by atoms with Crippen molar-refractivity contribution in [3.05, 3.63) is 56.2 Å². The van der Waals surface area contributed by atoms with Crippen molar-refractivity contribution in [1.82, 2.24) is 15.1 Å². The van der Waals surface area contributed by atoms with E-state index in [1.54, 1.807) is 31.4 Å². The molecule has 1 atom stereocenters. The van der Waals surface area contributed by atoms with E-state index in [-0.39, 0.29) is 5.91 Å². The summed E-state index contributed by atoms with van der Waals surface area (Å²) in [4.78, 5) is 16.3. The van der Waals surface area contributed by atoms with Crippen molar-refractivity contribution in [1.29, 1.82) is 0 Å². The molecule has 0 radical (unpaired) electrons. The highest BCUT2D eigenvalue weighted by molar-refractivity contribution is 7.13. The van der Waals surface area contributed by atoms with Crippen LogP contribution in [0.3, 0.4) is 0 Å². The molecule has 1 aromatic carbocycles. The maximum atomic E-state index is 12.4. The van der Waals surface area contributed by atoms with E-state index >= 15 is 0 Å². The number of nitrogens with one attached hydrogen (secondary N) is 1. The van der Waals surface area contributed by atoms with Gasteiger partial charge in [0, 0.05) is 23.2 Å². The minimum Gasteiger partial charge on any atom is -0.497 e. The van der Waals surface area contributed by atoms with Crippen LogP contribution in [0.15, 0.2) is 35.7 Å². The number of hydrogen-bond acceptors (Lipinski definition) is 7. The summed E-state index contributed by atoms with van der Waals surface area (Å²) in [6, 6.07) is 9.78. The lowest BCUT2D eigenvalue weighted by atomic mass is 10.0. The van der Waals surface area contributed by atoms with Crippen LogP contribution in [0.4, 0.5) is 5.69 Å². The smallest absolute Gasteiger partial charge is 0.286 e. The third kappa shape index (κ3) is 3.87. The van der Waals surface area contributed by atoms with Gasteiger partial charge in [-0.05, 0) is 54.6 Å². The molecule has 8 heteroatoms. The summed E-state index contributed by atoms with van der Waals surface area (Å²) >= 11 is 3.18. The second kappa shape index (κ2) is 7.75. The monoisotopic (exact) mass is 400 g/mol. The van der Waals surface area contributed by atoms with Crippen LogP contribution in [0.25, 0.3) is 0 Å². The van der Waals surface area contributed by atoms with Gasteiger partial charge in [0.1, 0.15) is 10.8 Å². The number of rotatable bonds is 5. The number of methoxy groups -OCH3 is 1. The molecular weight excluding hydrogens is 380 g/mol. The fraction of sp³-hybridized carbons (Fsp3) is 0.316. The van der Waals surface area contributed by atoms with Crippen LogP contribution in [-0.4, -0.2) is 34.7 Å². The molecule has 6 nitrogen and oxygen atoms in total. The van der Waals surface area contributed by atoms with Gasteiger partial charge in [-0.2, -0.15) is 0 Å². The summed E-state index contributed by atoms with van der Waals surface area (Å²) in [5.74, 6) is 0.506. The third-order valence-electron chi connectivity index (χ3n) is 4.75. The van der Waals surface area contributed by atoms with Crippen LogP contribution in [0, 0.1) is 0 Å². The Labute approximate surface area is 165 Å². The summed E-state index contributed by atoms with van der Waals surface area (Å²) < 4.78 is 5.12. The van der Waals surface area contributed by atoms with Gasteiger partial charge in [-0.15, -0.1) is 21.5 Å². The molecule has 1 amide bonds. The zero-order chi connectivity index (χ0) is 18.8. The van der Waals surface area contributed by atoms with Gasteiger partial charge in [-0.25, -0.2) is 0 Å². The molecule has 1 unspecified atom stereocenters. The number of hydrogen-bond donors (Lipinski definition) is 1. The minimum absolute atomic E-state index is 0.240. The molecule has 0 bridgehead atoms. The lowest BCUT2D eigenvalue weighted by Gasteiger charge is -2.32. The number of fused-ring (bicyclic) bond motifs is 1. The summed E-state index contributed by atoms with van der Waals surface area (Å²) in [6.07, 6.45) is 1.07. The van der Waals surface area contributed by atoms with Crippen molar-refractivity contribution >= 4 is 34.3 Å². The largest absolute Gasteiger partial charge is 0.497 e. The maximum Gasteiger partial charge on any atom is 0.286 e. The van der Waals surface area contributed by atoms with Gasteiger partial charge >= 0.3 is 0 Å². The fourth-order valence-corrected chi connectivity index (χ4v) is 4.94. The Bertz CT molecular complexity index is 935. The molecule has 1 N–H and O–H groups in total. The highest BCUT2D eigenvalue weighted by atomic mass is 32.1. The number of aromatic nitrogens is 2. The summed E-state index contributed by atoms with van der Waals surface area (Å²) in [5.41, 5.74) is 2.11. The van der Waals surface area contributed by atoms with Crippen molar-refractivity contribution < 1.29 is 9.53 Å². The molecule has 0 aliphatic carbocycles. The molecule has 140 valence electrons. The number of amides is 1. The minimum atomic E-state index is -0.240. The van der Waals surface area contributed by atoms with E-state index in [4.69, 9.17) is 4.74 Å². The molecule has 0 fully saturated rings. The first-order valence-electron chi connectivity index (χ1n) is 8.72. The van der Waals surface area contributed by atoms with Crippen molar-refractivity contribution in [3.8, 4) is 5.75 Å². The highest BCUT2D eigenvalue weighted by Gasteiger charge is 2.26. The van der Waals surface area contributed by atoms with Gasteiger partial charge in [0.25, 0.3) is 5.91 Å². The van der Waals surface area contributed by atoms with Crippen molar-refractivity contribution in [2.45, 2.75) is 25.9 Å². The Kier molecular flexibility index (Phi) is 5.20. The van der Waals surface area contributed by atoms with E-state index in [1.807, 2.05) is 11.3 Å². The number of thiophene rings is 1. The third-order valence-corrected chi connectivity index (χ3v) is 6.65. The normalized spacial score (nSPS) is 16.7. The molecule has 3 heterocycles. The van der Waals surface area contributed by atoms with Crippen LogP contribution in [0.5, 0.6) is 5.75 Å². The first-order chi connectivity index (χ1) is 13.1. The van der Waals surface area contributed by atoms with Crippen LogP contribution in [0.1, 0.15) is 38.2 Å². The highest BCUT2D eigenvalue weighted by Crippen LogP contribution is 2.33. The SMILES string of the molecule is COc1ccc(NC(=O)c2nnc(CN3CCc4sccc4C3C)s2)cc1. The molecule has 1 aliphatic rings. The molecule has 3 aromatic rings. The van der Waals surface area contributed by atoms with Crippen LogP contribution >= 0.6 is 22.7 Å². The zero-order valence-corrected chi connectivity index (χ0v) is 16.8. The second-order valence-electron chi connectivity index (χ2n) is 6.38. The summed E-state index contributed by atoms with van der Waals surface area (Å²) in [7, 11) is 1.61. The van der Waals surface area contributed by atoms with Crippen molar-refractivity contribution in [2.75, 3.05) is 19.0 Å². The lowest BCUT2D eigenvalue weighted by molar-refractivity contribution is 0.102. The predicted octanol–water partition coefficient (Wildman–Crippen LogP) is 3.98. The molecule has 2 aromatic heterocycles. The summed E-state index contributed by atoms with van der Waals surface area (Å²) in [6.45, 7) is 3.94. The van der Waals surface area contributed by atoms with Crippen LogP contribution in [0.2, 0.25) is 0 Å². The summed E-state index contributed by atoms with van der Waals surface area (Å²) in [5, 5.41) is 14.6. The number of carbonyl (C=O) groups is 1. The lowest BCUT2D eigenvalue weighted by Crippen LogP contribution is -2.32. The molecule has 0 saturated carbocycles. The molecule has 1 aliphatic heterocycles. The predicted molar refractivity (Wildman–Crippen MR) is 108 cm³/mol. The van der Waals surface area contributed by atoms with Gasteiger partial charge in [0.05, 0.1) is 13.7 Å². The van der Waals surface area contributed by atoms with E-state index < -0.39 is 0 Å². The number of nitrogens with zero attached hydrogens (tertiary/aromatic N) is 3. The van der Waals surface area contributed by atoms with E-state index in [0.717, 1.165) is 23.7 Å². The zero-order valence-electron chi connectivity index (χ0n) is 15.1. The van der Waals surface area contributed by atoms with Gasteiger partial charge in [0.15, 0.2) is 0 Å². The van der Waals surface area contributed by atoms with Gasteiger partial charge in [-0.1, -0.05) is 11.3 Å². The Morgan fingerprint density at radius 1 is 1.30 bits per heavy atom. The molecule has 4 rings (SSSR count). The van der Waals surface area contributed by atoms with E-state index in [9.17, 15) is 4.79 Å². The Hall–Kier alpha value is -2.29. The van der Waals surface area contributed by atoms with E-state index in [0.29, 0.717) is 23.3 Å². The molecule has 27 heavy (non-hydrogen) atoms. The standard InChI is InChI=1S/C19H20N4O2S2/c1-12-15-8-10-26-16(15)7-9-23(12)11-17-21-22-19(27-17)18(24)20-13-3-5-14(25-2)6-4-13/h3-6,8,10,12H,7,9,11H2,1-2H3,(H,20,24). The Balaban J connectivity index is 1.40. The van der Waals surface area contributed by atoms with E-state index in [2.05, 4.69) is 38.8 Å². The Morgan fingerprint density at radius 2 is 2.11 bits per heavy atom. The van der Waals surface area contributed by atoms with Gasteiger partial charge in [-0.3, -0.25) is 9.69 Å². The van der Waals surface area contributed by atoms with E-state index in [1.165, 1.54) is 21.8 Å². The number of carbonyl (C=O) groups excluding carboxylic acids is 1. The molecular formula is C19H20N4O2S2. The van der Waals surface area contributed by atoms with Gasteiger partial charge in [0.2, 0.25) is 5.01 Å². The first kappa shape index (κ1) is 18.1. The average molecular weight is 401 g/mol. The number of ether oxygens (including phenoxy) is 1. The topological polar surface area (TPSA) is 67.3 Å². The maximum absolute atomic E-state index is 12.4. The van der Waals surface area contributed by atoms with Crippen molar-refractivity contribution in [3.63, 3.8) is 0 Å². The first-order valence-corrected chi connectivity index (χ1v) is 10.4. The van der Waals surface area contributed by atoms with Crippen LogP contribution in [-0.2, 0) is 13.0 Å². The van der Waals surface area contributed by atoms with Crippen molar-refractivity contribution in [2.24, 2.45) is 0 Å². The Morgan fingerprint density at radius 3 is 2.89 bits per heavy atom. The number of anilines is 1. The fourth-order valence-electron chi connectivity index (χ4n) is 3.22. The molecule has 0 spiro atoms. The molecule has 0 saturated heterocycles. The van der Waals surface area contributed by atoms with Crippen LogP contribution < -0.4 is 10.1 Å². The second-order valence-corrected chi connectivity index (χ2v) is 8.44. The average Bonchev–Trinajstić information content (AvgIpc) is 3.34. The van der Waals surface area contributed by atoms with Gasteiger partial charge < -0.3 is 10.1 Å². The number of benzene rings is 1. The quantitative estimate of drug-likeness (QED) is 0.702.